The Morgan fingerprint density at radius 3 is 1.36 bits per heavy atom. The van der Waals surface area contributed by atoms with E-state index in [0.29, 0.717) is 6.42 Å². The number of rotatable bonds is 42. The van der Waals surface area contributed by atoms with E-state index in [1.54, 1.807) is 16.9 Å². The highest BCUT2D eigenvalue weighted by Gasteiger charge is 2.51. The second-order valence-corrected chi connectivity index (χ2v) is 20.0. The van der Waals surface area contributed by atoms with E-state index in [-0.39, 0.29) is 18.9 Å². The first kappa shape index (κ1) is 67.9. The van der Waals surface area contributed by atoms with Gasteiger partial charge >= 0.3 is 6.03 Å². The van der Waals surface area contributed by atoms with E-state index in [0.717, 1.165) is 38.5 Å². The summed E-state index contributed by atoms with van der Waals surface area (Å²) in [5.74, 6) is 8.84. The van der Waals surface area contributed by atoms with Crippen molar-refractivity contribution < 1.29 is 69.4 Å². The van der Waals surface area contributed by atoms with Gasteiger partial charge in [0.15, 0.2) is 12.6 Å². The third-order valence-corrected chi connectivity index (χ3v) is 13.7. The van der Waals surface area contributed by atoms with Crippen molar-refractivity contribution >= 4 is 11.9 Å². The van der Waals surface area contributed by atoms with Crippen molar-refractivity contribution in [1.82, 2.24) is 16.2 Å². The van der Waals surface area contributed by atoms with Gasteiger partial charge in [0.25, 0.3) is 0 Å². The average Bonchev–Trinajstić information content (AvgIpc) is 3.38. The van der Waals surface area contributed by atoms with Gasteiger partial charge in [-0.05, 0) is 19.3 Å². The predicted molar refractivity (Wildman–Crippen MR) is 279 cm³/mol. The van der Waals surface area contributed by atoms with E-state index < -0.39 is 92.8 Å². The fraction of sp³-hybridized carbons (Fsp3) is 0.925. The molecular weight excluding hydrogens is 931 g/mol. The van der Waals surface area contributed by atoms with Crippen molar-refractivity contribution in [3.8, 4) is 0 Å². The van der Waals surface area contributed by atoms with Gasteiger partial charge in [-0.3, -0.25) is 15.6 Å². The molecule has 2 fully saturated rings. The summed E-state index contributed by atoms with van der Waals surface area (Å²) in [6.45, 7) is 2.80. The van der Waals surface area contributed by atoms with E-state index in [1.165, 1.54) is 154 Å². The van der Waals surface area contributed by atoms with Crippen LogP contribution in [0.1, 0.15) is 219 Å². The van der Waals surface area contributed by atoms with E-state index in [9.17, 15) is 50.4 Å². The second kappa shape index (κ2) is 45.1. The molecular formula is C53H105N5O14. The SMILES string of the molecule is CCCCCCCCCCCCC/C=C/[C@@H](O)[C@H](CO[C@@H]1O[C@H](CO)[C@@H](O[C@@H]2O[C@H](CO)[C@H](O)[C@H](O)[C@H]2O)[C@H](O)[C@H]1O)NC(=O)CCCCCCCCCCCCCCCCCCCCC.NNC(=O)NN. The number of carbonyl (C=O) groups is 2. The average molecular weight is 1040 g/mol. The molecule has 0 spiro atoms. The lowest BCUT2D eigenvalue weighted by molar-refractivity contribution is -0.359. The zero-order valence-corrected chi connectivity index (χ0v) is 44.5. The number of allylic oxidation sites excluding steroid dienone is 1. The number of amides is 3. The zero-order chi connectivity index (χ0) is 53.2. The first-order valence-electron chi connectivity index (χ1n) is 28.2. The highest BCUT2D eigenvalue weighted by Crippen LogP contribution is 2.30. The summed E-state index contributed by atoms with van der Waals surface area (Å²) in [4.78, 5) is 22.9. The molecule has 2 saturated heterocycles. The molecule has 0 unspecified atom stereocenters. The smallest absolute Gasteiger partial charge is 0.343 e. The van der Waals surface area contributed by atoms with Crippen LogP contribution in [0, 0.1) is 0 Å². The van der Waals surface area contributed by atoms with Gasteiger partial charge in [0.2, 0.25) is 5.91 Å². The van der Waals surface area contributed by atoms with Crippen LogP contribution in [0.4, 0.5) is 4.79 Å². The summed E-state index contributed by atoms with van der Waals surface area (Å²) in [7, 11) is 0. The molecule has 19 heteroatoms. The standard InChI is InChI=1S/C52H99NO13.CH6N4O/c1-3-5-7-9-11-13-15-17-18-19-20-21-22-24-26-28-30-32-34-36-44(57)53-40(41(56)35-33-31-29-27-25-23-16-14-12-10-8-6-4-2)39-63-51-49(62)47(60)50(43(38-55)65-51)66-52-48(61)46(59)45(58)42(37-54)64-52;2-4-1(6)5-3/h33,35,40-43,45-52,54-56,58-62H,3-32,34,36-39H2,1-2H3,(H,53,57);2-3H2,(H2,4,5,6)/b35-33+;/t40-,41+,42+,43+,45-,46-,47+,48+,49+,50+,51+,52-;/m0./s1. The molecule has 0 bridgehead atoms. The number of aliphatic hydroxyl groups excluding tert-OH is 8. The number of ether oxygens (including phenoxy) is 4. The number of hydrogen-bond acceptors (Lipinski definition) is 16. The van der Waals surface area contributed by atoms with Crippen LogP contribution in [0.2, 0.25) is 0 Å². The van der Waals surface area contributed by atoms with Crippen molar-refractivity contribution in [3.05, 3.63) is 12.2 Å². The summed E-state index contributed by atoms with van der Waals surface area (Å²) >= 11 is 0. The van der Waals surface area contributed by atoms with Crippen LogP contribution in [0.15, 0.2) is 12.2 Å². The maximum atomic E-state index is 13.2. The number of nitrogens with one attached hydrogen (secondary N) is 3. The highest BCUT2D eigenvalue weighted by molar-refractivity contribution is 5.76. The van der Waals surface area contributed by atoms with E-state index in [4.69, 9.17) is 18.9 Å². The van der Waals surface area contributed by atoms with Crippen LogP contribution in [0.5, 0.6) is 0 Å². The number of urea groups is 1. The van der Waals surface area contributed by atoms with Gasteiger partial charge in [-0.25, -0.2) is 16.5 Å². The molecule has 19 nitrogen and oxygen atoms in total. The minimum Gasteiger partial charge on any atom is -0.394 e. The van der Waals surface area contributed by atoms with E-state index in [1.807, 2.05) is 6.08 Å². The van der Waals surface area contributed by atoms with Crippen molar-refractivity contribution in [2.75, 3.05) is 19.8 Å². The first-order chi connectivity index (χ1) is 34.9. The molecule has 0 aromatic heterocycles. The number of hydrogen-bond donors (Lipinski definition) is 13. The lowest BCUT2D eigenvalue weighted by Gasteiger charge is -2.46. The van der Waals surface area contributed by atoms with Crippen molar-refractivity contribution in [3.63, 3.8) is 0 Å². The predicted octanol–water partition coefficient (Wildman–Crippen LogP) is 5.59. The van der Waals surface area contributed by atoms with Gasteiger partial charge in [-0.15, -0.1) is 0 Å². The zero-order valence-electron chi connectivity index (χ0n) is 44.5. The topological polar surface area (TPSA) is 321 Å². The largest absolute Gasteiger partial charge is 0.394 e. The minimum atomic E-state index is -1.78. The van der Waals surface area contributed by atoms with Gasteiger partial charge in [-0.1, -0.05) is 206 Å². The highest BCUT2D eigenvalue weighted by atomic mass is 16.7. The Kier molecular flexibility index (Phi) is 42.6. The second-order valence-electron chi connectivity index (χ2n) is 20.0. The summed E-state index contributed by atoms with van der Waals surface area (Å²) in [6.07, 6.45) is 25.3. The quantitative estimate of drug-likeness (QED) is 0.0117. The Morgan fingerprint density at radius 1 is 0.542 bits per heavy atom. The number of aliphatic hydroxyl groups is 8. The molecule has 0 radical (unpaired) electrons. The van der Waals surface area contributed by atoms with Crippen molar-refractivity contribution in [2.45, 2.75) is 293 Å². The Balaban J connectivity index is 0.00000405. The Bertz CT molecular complexity index is 1300. The molecule has 3 amide bonds. The van der Waals surface area contributed by atoms with Gasteiger partial charge < -0.3 is 65.1 Å². The molecule has 2 aliphatic rings. The summed E-state index contributed by atoms with van der Waals surface area (Å²) in [6, 6.07) is -1.51. The minimum absolute atomic E-state index is 0.236. The van der Waals surface area contributed by atoms with Crippen LogP contribution in [0.3, 0.4) is 0 Å². The molecule has 72 heavy (non-hydrogen) atoms. The Labute approximate surface area is 432 Å². The first-order valence-corrected chi connectivity index (χ1v) is 28.2. The lowest BCUT2D eigenvalue weighted by Crippen LogP contribution is -2.65. The fourth-order valence-corrected chi connectivity index (χ4v) is 9.10. The van der Waals surface area contributed by atoms with Crippen molar-refractivity contribution in [1.29, 1.82) is 0 Å². The molecule has 426 valence electrons. The number of nitrogens with two attached hydrogens (primary N) is 2. The van der Waals surface area contributed by atoms with Gasteiger partial charge in [-0.2, -0.15) is 0 Å². The lowest BCUT2D eigenvalue weighted by atomic mass is 9.97. The van der Waals surface area contributed by atoms with E-state index >= 15 is 0 Å². The molecule has 12 atom stereocenters. The molecule has 15 N–H and O–H groups in total. The molecule has 2 aliphatic heterocycles. The van der Waals surface area contributed by atoms with E-state index in [2.05, 4.69) is 30.8 Å². The molecule has 2 heterocycles. The molecule has 0 aliphatic carbocycles. The third kappa shape index (κ3) is 31.1. The number of hydrazine groups is 2. The van der Waals surface area contributed by atoms with Crippen LogP contribution in [0.25, 0.3) is 0 Å². The maximum Gasteiger partial charge on any atom is 0.343 e. The normalized spacial score (nSPS) is 25.2. The van der Waals surface area contributed by atoms with Gasteiger partial charge in [0.1, 0.15) is 48.8 Å². The van der Waals surface area contributed by atoms with Crippen LogP contribution in [-0.4, -0.2) is 146 Å². The number of carbonyl (C=O) groups excluding carboxylic acids is 2. The Hall–Kier alpha value is -2.08. The van der Waals surface area contributed by atoms with Crippen LogP contribution < -0.4 is 27.9 Å². The third-order valence-electron chi connectivity index (χ3n) is 13.7. The van der Waals surface area contributed by atoms with Crippen LogP contribution >= 0.6 is 0 Å². The van der Waals surface area contributed by atoms with Gasteiger partial charge in [0.05, 0.1) is 32.0 Å². The van der Waals surface area contributed by atoms with Crippen molar-refractivity contribution in [2.24, 2.45) is 11.7 Å². The molecule has 2 rings (SSSR count). The fourth-order valence-electron chi connectivity index (χ4n) is 9.10. The summed E-state index contributed by atoms with van der Waals surface area (Å²) in [5, 5.41) is 86.8. The Morgan fingerprint density at radius 2 is 0.944 bits per heavy atom. The van der Waals surface area contributed by atoms with Crippen LogP contribution in [-0.2, 0) is 23.7 Å². The van der Waals surface area contributed by atoms with Gasteiger partial charge in [0, 0.05) is 6.42 Å². The summed E-state index contributed by atoms with van der Waals surface area (Å²) in [5.41, 5.74) is 3.48. The molecule has 0 saturated carbocycles. The molecule has 0 aromatic carbocycles. The number of unbranched alkanes of at least 4 members (excludes halogenated alkanes) is 29. The monoisotopic (exact) mass is 1040 g/mol. The molecule has 0 aromatic rings. The maximum absolute atomic E-state index is 13.2. The summed E-state index contributed by atoms with van der Waals surface area (Å²) < 4.78 is 22.7.